The SMILES string of the molecule is CC1=C[C@@]2(C)C(=C(C)[C@H]3[C@@H]4C[C@H](C)C[C@H](C)[C@H]4[C@H]4Oc5ccc(cc5)C[C@@H]5C(=O)NC(=O)[C@H]5C(=O)[C@@H]2[C@@H]43)[C@H]1C.CC1=C[C@@]2(C)C(=C(C)[C@H]3[C@@H]4C[C@H](C)C[C@H](C)[C@H]4[C@H]4Oc5ccc(cc5)C[C@@H]5C(=O)NC(=O)[C@H]5C(=O)[C@@H]2[C@@H]43)[C@H]1C.CC1=C[C@@]2(C)C(=C(C)[C@H]3[C@@H]4C[C@H](C)C[C@H](C)[C@H]4[C@H]4Oc5ccc(cc5)C[C@@H]5C(=O)NC(=O)[C@H]5C(=O)[C@@H]2[C@@H]43)[C@H]1C. The molecule has 117 heavy (non-hydrogen) atoms. The summed E-state index contributed by atoms with van der Waals surface area (Å²) in [6, 6.07) is 24.1. The molecule has 3 aromatic carbocycles. The second-order valence-electron chi connectivity index (χ2n) is 42.4. The lowest BCUT2D eigenvalue weighted by molar-refractivity contribution is -0.142. The fourth-order valence-corrected chi connectivity index (χ4v) is 32.2. The van der Waals surface area contributed by atoms with Crippen LogP contribution in [-0.4, -0.2) is 71.1 Å². The number of imide groups is 3. The zero-order chi connectivity index (χ0) is 82.6. The third-order valence-electron chi connectivity index (χ3n) is 35.8. The Morgan fingerprint density at radius 1 is 0.316 bits per heavy atom. The number of carbonyl (C=O) groups is 9. The first-order valence-electron chi connectivity index (χ1n) is 45.2. The Morgan fingerprint density at radius 3 is 0.795 bits per heavy atom. The van der Waals surface area contributed by atoms with Crippen LogP contribution in [0.1, 0.15) is 180 Å². The van der Waals surface area contributed by atoms with Gasteiger partial charge in [-0.05, 0) is 241 Å². The van der Waals surface area contributed by atoms with Gasteiger partial charge in [-0.1, -0.05) is 188 Å². The molecule has 12 aliphatic carbocycles. The molecular formula is C102H123N3O12. The van der Waals surface area contributed by atoms with Gasteiger partial charge in [-0.3, -0.25) is 59.1 Å². The van der Waals surface area contributed by atoms with Crippen molar-refractivity contribution in [3.05, 3.63) is 158 Å². The zero-order valence-electron chi connectivity index (χ0n) is 72.0. The van der Waals surface area contributed by atoms with Gasteiger partial charge in [0.25, 0.3) is 0 Å². The van der Waals surface area contributed by atoms with Crippen LogP contribution >= 0.6 is 0 Å². The number of hydrogen-bond donors (Lipinski definition) is 3. The fraction of sp³-hybridized carbons (Fsp3) is 0.618. The lowest BCUT2D eigenvalue weighted by atomic mass is 9.53. The molecule has 0 radical (unpaired) electrons. The van der Waals surface area contributed by atoms with Crippen LogP contribution in [0, 0.1) is 194 Å². The average molecular weight is 1580 g/mol. The van der Waals surface area contributed by atoms with E-state index in [0.29, 0.717) is 90.3 Å². The van der Waals surface area contributed by atoms with Gasteiger partial charge in [0.05, 0.1) is 17.8 Å². The molecule has 3 N–H and O–H groups in total. The van der Waals surface area contributed by atoms with Gasteiger partial charge >= 0.3 is 0 Å². The summed E-state index contributed by atoms with van der Waals surface area (Å²) in [6.45, 7) is 41.3. The molecule has 0 spiro atoms. The van der Waals surface area contributed by atoms with Crippen LogP contribution in [-0.2, 0) is 62.4 Å². The van der Waals surface area contributed by atoms with Crippen molar-refractivity contribution in [2.24, 2.45) is 194 Å². The summed E-state index contributed by atoms with van der Waals surface area (Å²) in [5.74, 6) is 1.25. The van der Waals surface area contributed by atoms with E-state index in [9.17, 15) is 28.8 Å². The topological polar surface area (TPSA) is 217 Å². The predicted molar refractivity (Wildman–Crippen MR) is 445 cm³/mol. The molecule has 9 fully saturated rings. The standard InChI is InChI=1S/3C34H41NO4/c3*1-15-11-16(2)24-22(12-15)25-19(5)28-18(4)17(3)14-34(28,6)29-27(25)31(24)39-21-9-7-20(8-10-21)13-23-26(30(29)36)33(38)35-32(23)37/h3*7-10,14-16,18,22-27,29,31H,11-13H2,1-6H3,(H,35,37,38)/t3*15-,16+,18+,22-,23+,24-,25+,26-,27+,29+,31-,34+/m111/s1. The molecule has 3 saturated heterocycles. The average Bonchev–Trinajstić information content (AvgIpc) is 1.54. The number of fused-ring (bicyclic) bond motifs is 15. The Morgan fingerprint density at radius 2 is 0.556 bits per heavy atom. The van der Waals surface area contributed by atoms with Crippen LogP contribution in [0.5, 0.6) is 17.2 Å². The Bertz CT molecular complexity index is 4510. The minimum atomic E-state index is -0.956. The van der Waals surface area contributed by atoms with E-state index in [1.807, 2.05) is 72.8 Å². The van der Waals surface area contributed by atoms with Crippen molar-refractivity contribution in [3.63, 3.8) is 0 Å². The summed E-state index contributed by atoms with van der Waals surface area (Å²) in [4.78, 5) is 124. The van der Waals surface area contributed by atoms with E-state index in [0.717, 1.165) is 53.2 Å². The second-order valence-corrected chi connectivity index (χ2v) is 42.4. The number of allylic oxidation sites excluding steroid dienone is 12. The van der Waals surface area contributed by atoms with Crippen LogP contribution < -0.4 is 30.2 Å². The van der Waals surface area contributed by atoms with Crippen molar-refractivity contribution >= 4 is 52.8 Å². The van der Waals surface area contributed by atoms with Gasteiger partial charge in [0, 0.05) is 69.5 Å². The number of nitrogens with one attached hydrogen (secondary N) is 3. The smallest absolute Gasteiger partial charge is 0.237 e. The summed E-state index contributed by atoms with van der Waals surface area (Å²) in [6.07, 6.45) is 14.7. The molecule has 6 saturated carbocycles. The van der Waals surface area contributed by atoms with Crippen molar-refractivity contribution in [1.82, 2.24) is 16.0 Å². The molecule has 3 aromatic rings. The van der Waals surface area contributed by atoms with Crippen LogP contribution in [0.3, 0.4) is 0 Å². The number of rotatable bonds is 0. The Balaban J connectivity index is 0.000000117. The third kappa shape index (κ3) is 11.5. The van der Waals surface area contributed by atoms with Gasteiger partial charge in [-0.25, -0.2) is 0 Å². The molecule has 15 nitrogen and oxygen atoms in total. The molecule has 9 aliphatic heterocycles. The molecule has 21 aliphatic rings. The van der Waals surface area contributed by atoms with E-state index >= 15 is 14.4 Å². The molecule has 15 heteroatoms. The first-order chi connectivity index (χ1) is 55.5. The molecular weight excluding hydrogens is 1460 g/mol. The normalized spacial score (nSPS) is 46.4. The van der Waals surface area contributed by atoms with Gasteiger partial charge in [-0.15, -0.1) is 0 Å². The first kappa shape index (κ1) is 78.8. The van der Waals surface area contributed by atoms with Gasteiger partial charge in [0.1, 0.15) is 53.3 Å². The maximum Gasteiger partial charge on any atom is 0.237 e. The maximum atomic E-state index is 15.0. The van der Waals surface area contributed by atoms with Crippen LogP contribution in [0.4, 0.5) is 0 Å². The van der Waals surface area contributed by atoms with E-state index in [1.165, 1.54) is 69.4 Å². The summed E-state index contributed by atoms with van der Waals surface area (Å²) in [7, 11) is 0. The number of amides is 6. The van der Waals surface area contributed by atoms with Crippen molar-refractivity contribution in [1.29, 1.82) is 0 Å². The van der Waals surface area contributed by atoms with Crippen molar-refractivity contribution in [2.75, 3.05) is 0 Å². The summed E-state index contributed by atoms with van der Waals surface area (Å²) in [5.41, 5.74) is 13.7. The zero-order valence-corrected chi connectivity index (χ0v) is 72.0. The van der Waals surface area contributed by atoms with E-state index in [1.54, 1.807) is 0 Å². The van der Waals surface area contributed by atoms with Crippen molar-refractivity contribution in [3.8, 4) is 17.2 Å². The molecule has 24 rings (SSSR count). The highest BCUT2D eigenvalue weighted by molar-refractivity contribution is 6.18. The highest BCUT2D eigenvalue weighted by atomic mass is 16.5. The molecule has 6 bridgehead atoms. The molecule has 9 heterocycles. The maximum absolute atomic E-state index is 15.0. The molecule has 0 aromatic heterocycles. The monoisotopic (exact) mass is 1580 g/mol. The third-order valence-corrected chi connectivity index (χ3v) is 35.8. The lowest BCUT2D eigenvalue weighted by Gasteiger charge is -2.49. The highest BCUT2D eigenvalue weighted by Gasteiger charge is 2.72. The number of ketones is 3. The number of benzene rings is 3. The molecule has 0 unspecified atom stereocenters. The van der Waals surface area contributed by atoms with Crippen molar-refractivity contribution < 1.29 is 57.4 Å². The Kier molecular flexibility index (Phi) is 18.7. The quantitative estimate of drug-likeness (QED) is 0.109. The number of carbonyl (C=O) groups excluding carboxylic acids is 9. The van der Waals surface area contributed by atoms with E-state index in [2.05, 4.69) is 159 Å². The lowest BCUT2D eigenvalue weighted by Crippen LogP contribution is -2.52. The van der Waals surface area contributed by atoms with E-state index in [-0.39, 0.29) is 107 Å². The number of ether oxygens (including phenoxy) is 3. The van der Waals surface area contributed by atoms with Crippen molar-refractivity contribution in [2.45, 2.75) is 201 Å². The van der Waals surface area contributed by atoms with Crippen LogP contribution in [0.2, 0.25) is 0 Å². The van der Waals surface area contributed by atoms with Gasteiger partial charge in [0.2, 0.25) is 35.4 Å². The minimum Gasteiger partial charge on any atom is -0.490 e. The Labute approximate surface area is 691 Å². The highest BCUT2D eigenvalue weighted by Crippen LogP contribution is 2.72. The Hall–Kier alpha value is -8.07. The molecule has 6 amide bonds. The predicted octanol–water partition coefficient (Wildman–Crippen LogP) is 16.6. The van der Waals surface area contributed by atoms with Gasteiger partial charge in [0.15, 0.2) is 17.3 Å². The van der Waals surface area contributed by atoms with Gasteiger partial charge in [-0.2, -0.15) is 0 Å². The second kappa shape index (κ2) is 27.7. The van der Waals surface area contributed by atoms with E-state index in [4.69, 9.17) is 14.2 Å². The molecule has 618 valence electrons. The van der Waals surface area contributed by atoms with Gasteiger partial charge < -0.3 is 14.2 Å². The van der Waals surface area contributed by atoms with Crippen LogP contribution in [0.25, 0.3) is 0 Å². The minimum absolute atomic E-state index is 0.0356. The first-order valence-corrected chi connectivity index (χ1v) is 45.2. The summed E-state index contributed by atoms with van der Waals surface area (Å²) >= 11 is 0. The number of hydrogen-bond acceptors (Lipinski definition) is 12. The fourth-order valence-electron chi connectivity index (χ4n) is 32.2. The largest absolute Gasteiger partial charge is 0.490 e. The number of Topliss-reactive ketones (excluding diaryl/α,β-unsaturated/α-hetero) is 3. The summed E-state index contributed by atoms with van der Waals surface area (Å²) < 4.78 is 21.0. The summed E-state index contributed by atoms with van der Waals surface area (Å²) in [5, 5.41) is 7.64. The molecule has 36 atom stereocenters. The van der Waals surface area contributed by atoms with E-state index < -0.39 is 87.2 Å². The van der Waals surface area contributed by atoms with Crippen LogP contribution in [0.15, 0.2) is 141 Å².